The van der Waals surface area contributed by atoms with Gasteiger partial charge in [0.1, 0.15) is 0 Å². The molecule has 1 aliphatic rings. The highest BCUT2D eigenvalue weighted by atomic mass is 35.5. The van der Waals surface area contributed by atoms with Crippen molar-refractivity contribution < 1.29 is 19.4 Å². The Morgan fingerprint density at radius 3 is 2.61 bits per heavy atom. The molecule has 0 atom stereocenters. The lowest BCUT2D eigenvalue weighted by Gasteiger charge is -2.32. The molecule has 0 spiro atoms. The van der Waals surface area contributed by atoms with Crippen LogP contribution in [0.15, 0.2) is 18.2 Å². The summed E-state index contributed by atoms with van der Waals surface area (Å²) in [7, 11) is 1.27. The van der Waals surface area contributed by atoms with E-state index in [4.69, 9.17) is 11.6 Å². The molecule has 0 saturated heterocycles. The van der Waals surface area contributed by atoms with Crippen molar-refractivity contribution in [3.63, 3.8) is 0 Å². The average molecular weight is 341 g/mol. The van der Waals surface area contributed by atoms with Gasteiger partial charge in [0.15, 0.2) is 0 Å². The molecule has 1 aromatic rings. The van der Waals surface area contributed by atoms with Gasteiger partial charge in [-0.1, -0.05) is 30.9 Å². The van der Waals surface area contributed by atoms with Gasteiger partial charge in [-0.2, -0.15) is 0 Å². The number of anilines is 1. The fraction of sp³-hybridized carbons (Fsp3) is 0.500. The Morgan fingerprint density at radius 1 is 1.30 bits per heavy atom. The van der Waals surface area contributed by atoms with E-state index < -0.39 is 17.6 Å². The molecule has 0 aromatic heterocycles. The van der Waals surface area contributed by atoms with Crippen LogP contribution in [0, 0.1) is 0 Å². The van der Waals surface area contributed by atoms with Crippen LogP contribution in [-0.4, -0.2) is 36.4 Å². The first-order valence-corrected chi connectivity index (χ1v) is 7.96. The number of rotatable bonds is 4. The lowest BCUT2D eigenvalue weighted by Crippen LogP contribution is -2.45. The van der Waals surface area contributed by atoms with Crippen molar-refractivity contribution in [3.05, 3.63) is 28.8 Å². The van der Waals surface area contributed by atoms with Gasteiger partial charge < -0.3 is 20.5 Å². The second-order valence-corrected chi connectivity index (χ2v) is 6.19. The number of hydrogen-bond donors (Lipinski definition) is 3. The van der Waals surface area contributed by atoms with Crippen molar-refractivity contribution in [2.75, 3.05) is 19.0 Å². The molecule has 3 N–H and O–H groups in total. The van der Waals surface area contributed by atoms with Crippen LogP contribution < -0.4 is 10.6 Å². The molecule has 2 rings (SSSR count). The Hall–Kier alpha value is -1.79. The zero-order chi connectivity index (χ0) is 16.9. The Bertz CT molecular complexity index is 585. The van der Waals surface area contributed by atoms with Gasteiger partial charge in [-0.05, 0) is 31.0 Å². The van der Waals surface area contributed by atoms with Gasteiger partial charge in [-0.3, -0.25) is 0 Å². The number of carbonyl (C=O) groups excluding carboxylic acids is 2. The minimum atomic E-state index is -0.817. The second-order valence-electron chi connectivity index (χ2n) is 5.78. The zero-order valence-corrected chi connectivity index (χ0v) is 13.8. The van der Waals surface area contributed by atoms with Crippen LogP contribution >= 0.6 is 11.6 Å². The summed E-state index contributed by atoms with van der Waals surface area (Å²) in [5, 5.41) is 15.8. The third kappa shape index (κ3) is 4.84. The molecule has 0 unspecified atom stereocenters. The number of aliphatic hydroxyl groups is 1. The summed E-state index contributed by atoms with van der Waals surface area (Å²) in [5.74, 6) is -0.537. The van der Waals surface area contributed by atoms with Gasteiger partial charge in [-0.25, -0.2) is 9.59 Å². The molecule has 0 heterocycles. The molecule has 1 saturated carbocycles. The van der Waals surface area contributed by atoms with Gasteiger partial charge >= 0.3 is 12.0 Å². The average Bonchev–Trinajstić information content (AvgIpc) is 2.53. The van der Waals surface area contributed by atoms with Crippen LogP contribution in [0.1, 0.15) is 42.5 Å². The summed E-state index contributed by atoms with van der Waals surface area (Å²) in [5.41, 5.74) is -0.130. The molecule has 23 heavy (non-hydrogen) atoms. The molecular formula is C16H21ClN2O4. The van der Waals surface area contributed by atoms with Crippen molar-refractivity contribution in [2.24, 2.45) is 0 Å². The molecular weight excluding hydrogens is 320 g/mol. The topological polar surface area (TPSA) is 87.7 Å². The molecule has 1 aromatic carbocycles. The Balaban J connectivity index is 1.90. The first kappa shape index (κ1) is 17.6. The first-order chi connectivity index (χ1) is 10.9. The van der Waals surface area contributed by atoms with Crippen molar-refractivity contribution >= 4 is 29.3 Å². The van der Waals surface area contributed by atoms with E-state index in [1.165, 1.54) is 19.2 Å². The summed E-state index contributed by atoms with van der Waals surface area (Å²) in [4.78, 5) is 23.4. The van der Waals surface area contributed by atoms with E-state index in [1.54, 1.807) is 6.07 Å². The maximum atomic E-state index is 11.9. The predicted octanol–water partition coefficient (Wildman–Crippen LogP) is 2.94. The van der Waals surface area contributed by atoms with Crippen molar-refractivity contribution in [2.45, 2.75) is 37.7 Å². The third-order valence-electron chi connectivity index (χ3n) is 3.99. The number of urea groups is 1. The summed E-state index contributed by atoms with van der Waals surface area (Å²) in [6, 6.07) is 4.10. The molecule has 1 aliphatic carbocycles. The second kappa shape index (κ2) is 7.66. The molecule has 0 radical (unpaired) electrons. The summed E-state index contributed by atoms with van der Waals surface area (Å²) < 4.78 is 4.60. The highest BCUT2D eigenvalue weighted by molar-refractivity contribution is 6.33. The van der Waals surface area contributed by atoms with Gasteiger partial charge in [0.2, 0.25) is 0 Å². The molecule has 1 fully saturated rings. The van der Waals surface area contributed by atoms with Gasteiger partial charge in [0.25, 0.3) is 0 Å². The number of nitrogens with one attached hydrogen (secondary N) is 2. The Labute approximate surface area is 140 Å². The monoisotopic (exact) mass is 340 g/mol. The van der Waals surface area contributed by atoms with Crippen LogP contribution in [0.4, 0.5) is 10.5 Å². The number of amides is 2. The number of hydrogen-bond acceptors (Lipinski definition) is 4. The molecule has 6 nitrogen and oxygen atoms in total. The molecule has 2 amide bonds. The van der Waals surface area contributed by atoms with Gasteiger partial charge in [0.05, 0.1) is 23.3 Å². The molecule has 126 valence electrons. The fourth-order valence-corrected chi connectivity index (χ4v) is 2.93. The van der Waals surface area contributed by atoms with E-state index in [9.17, 15) is 14.7 Å². The number of carbonyl (C=O) groups is 2. The van der Waals surface area contributed by atoms with Crippen LogP contribution in [0.3, 0.4) is 0 Å². The van der Waals surface area contributed by atoms with Gasteiger partial charge in [0, 0.05) is 12.2 Å². The lowest BCUT2D eigenvalue weighted by atomic mass is 9.85. The number of methoxy groups -OCH3 is 1. The highest BCUT2D eigenvalue weighted by Gasteiger charge is 2.29. The van der Waals surface area contributed by atoms with Crippen molar-refractivity contribution in [1.29, 1.82) is 0 Å². The largest absolute Gasteiger partial charge is 0.465 e. The van der Waals surface area contributed by atoms with E-state index >= 15 is 0 Å². The number of halogens is 1. The minimum Gasteiger partial charge on any atom is -0.465 e. The standard InChI is InChI=1S/C16H21ClN2O4/c1-23-14(20)12-6-5-11(9-13(12)17)19-15(21)18-10-16(22)7-3-2-4-8-16/h5-6,9,22H,2-4,7-8,10H2,1H3,(H2,18,19,21). The predicted molar refractivity (Wildman–Crippen MR) is 87.8 cm³/mol. The maximum Gasteiger partial charge on any atom is 0.339 e. The number of esters is 1. The maximum absolute atomic E-state index is 11.9. The van der Waals surface area contributed by atoms with E-state index in [-0.39, 0.29) is 17.1 Å². The van der Waals surface area contributed by atoms with Crippen LogP contribution in [0.25, 0.3) is 0 Å². The summed E-state index contributed by atoms with van der Waals surface area (Å²) in [6.45, 7) is 0.215. The Kier molecular flexibility index (Phi) is 5.85. The van der Waals surface area contributed by atoms with E-state index in [2.05, 4.69) is 15.4 Å². The van der Waals surface area contributed by atoms with Crippen LogP contribution in [0.2, 0.25) is 5.02 Å². The highest BCUT2D eigenvalue weighted by Crippen LogP contribution is 2.27. The lowest BCUT2D eigenvalue weighted by molar-refractivity contribution is 0.00754. The smallest absolute Gasteiger partial charge is 0.339 e. The van der Waals surface area contributed by atoms with Crippen LogP contribution in [-0.2, 0) is 4.74 Å². The van der Waals surface area contributed by atoms with Crippen molar-refractivity contribution in [3.8, 4) is 0 Å². The SMILES string of the molecule is COC(=O)c1ccc(NC(=O)NCC2(O)CCCCC2)cc1Cl. The van der Waals surface area contributed by atoms with Crippen molar-refractivity contribution in [1.82, 2.24) is 5.32 Å². The molecule has 0 aliphatic heterocycles. The summed E-state index contributed by atoms with van der Waals surface area (Å²) >= 11 is 5.99. The number of ether oxygens (including phenoxy) is 1. The van der Waals surface area contributed by atoms with Gasteiger partial charge in [-0.15, -0.1) is 0 Å². The first-order valence-electron chi connectivity index (χ1n) is 7.59. The fourth-order valence-electron chi connectivity index (χ4n) is 2.68. The zero-order valence-electron chi connectivity index (χ0n) is 13.0. The molecule has 7 heteroatoms. The van der Waals surface area contributed by atoms with Crippen LogP contribution in [0.5, 0.6) is 0 Å². The molecule has 0 bridgehead atoms. The summed E-state index contributed by atoms with van der Waals surface area (Å²) in [6.07, 6.45) is 4.48. The normalized spacial score (nSPS) is 16.5. The quantitative estimate of drug-likeness (QED) is 0.735. The minimum absolute atomic E-state index is 0.195. The third-order valence-corrected chi connectivity index (χ3v) is 4.31. The van der Waals surface area contributed by atoms with E-state index in [0.717, 1.165) is 19.3 Å². The number of benzene rings is 1. The van der Waals surface area contributed by atoms with E-state index in [1.807, 2.05) is 0 Å². The van der Waals surface area contributed by atoms with E-state index in [0.29, 0.717) is 18.5 Å². The Morgan fingerprint density at radius 2 is 2.00 bits per heavy atom.